The number of carboxylic acids is 1. The molecule has 0 aromatic carbocycles. The molecule has 2 fully saturated rings. The third-order valence-electron chi connectivity index (χ3n) is 3.76. The number of carboxylic acid groups (broad SMARTS) is 1. The Kier molecular flexibility index (Phi) is 4.79. The molecular weight excluding hydrogens is 348 g/mol. The fourth-order valence-corrected chi connectivity index (χ4v) is 2.22. The number of rotatable bonds is 2. The number of nitrogens with zero attached hydrogens (tertiary/aromatic N) is 2. The molecule has 1 atom stereocenters. The normalized spacial score (nSPS) is 22.7. The second-order valence-corrected chi connectivity index (χ2v) is 5.49. The lowest BCUT2D eigenvalue weighted by Gasteiger charge is -2.14. The largest absolute Gasteiger partial charge is 0.490 e. The molecule has 1 aromatic heterocycles. The Morgan fingerprint density at radius 1 is 1.25 bits per heavy atom. The summed E-state index contributed by atoms with van der Waals surface area (Å²) < 4.78 is 75.0. The highest BCUT2D eigenvalue weighted by Crippen LogP contribution is 2.58. The Bertz CT molecular complexity index is 588. The van der Waals surface area contributed by atoms with Crippen molar-refractivity contribution in [3.63, 3.8) is 0 Å². The van der Waals surface area contributed by atoms with Crippen LogP contribution >= 0.6 is 0 Å². The van der Waals surface area contributed by atoms with Gasteiger partial charge in [-0.05, 0) is 32.2 Å². The highest BCUT2D eigenvalue weighted by molar-refractivity contribution is 5.73. The number of carbonyl (C=O) groups is 1. The molecular formula is C12H13F6N3O3. The zero-order chi connectivity index (χ0) is 18.2. The van der Waals surface area contributed by atoms with Crippen LogP contribution in [0.3, 0.4) is 0 Å². The van der Waals surface area contributed by atoms with Gasteiger partial charge in [0.15, 0.2) is 5.82 Å². The van der Waals surface area contributed by atoms with Gasteiger partial charge < -0.3 is 14.9 Å². The maximum absolute atomic E-state index is 12.8. The van der Waals surface area contributed by atoms with E-state index in [2.05, 4.69) is 15.5 Å². The van der Waals surface area contributed by atoms with Gasteiger partial charge in [-0.25, -0.2) is 4.79 Å². The summed E-state index contributed by atoms with van der Waals surface area (Å²) in [5.41, 5.74) is -1.86. The van der Waals surface area contributed by atoms with Crippen LogP contribution in [0.1, 0.15) is 43.4 Å². The average Bonchev–Trinajstić information content (AvgIpc) is 2.89. The molecule has 2 aliphatic rings. The van der Waals surface area contributed by atoms with Crippen LogP contribution in [0, 0.1) is 0 Å². The van der Waals surface area contributed by atoms with Crippen LogP contribution in [0.25, 0.3) is 0 Å². The molecule has 3 rings (SSSR count). The highest BCUT2D eigenvalue weighted by atomic mass is 19.4. The van der Waals surface area contributed by atoms with Crippen LogP contribution in [0.4, 0.5) is 26.3 Å². The van der Waals surface area contributed by atoms with E-state index in [-0.39, 0.29) is 24.8 Å². The van der Waals surface area contributed by atoms with Gasteiger partial charge in [-0.15, -0.1) is 0 Å². The summed E-state index contributed by atoms with van der Waals surface area (Å²) in [6.45, 7) is 0.846. The number of nitrogens with one attached hydrogen (secondary N) is 1. The zero-order valence-corrected chi connectivity index (χ0v) is 12.0. The second-order valence-electron chi connectivity index (χ2n) is 5.49. The Labute approximate surface area is 131 Å². The first-order valence-corrected chi connectivity index (χ1v) is 6.92. The molecule has 1 aliphatic carbocycles. The van der Waals surface area contributed by atoms with E-state index < -0.39 is 23.7 Å². The molecule has 24 heavy (non-hydrogen) atoms. The lowest BCUT2D eigenvalue weighted by Crippen LogP contribution is -2.29. The molecule has 1 unspecified atom stereocenters. The van der Waals surface area contributed by atoms with Crippen LogP contribution < -0.4 is 5.32 Å². The number of aromatic nitrogens is 2. The molecule has 1 aliphatic heterocycles. The minimum absolute atomic E-state index is 0.0518. The van der Waals surface area contributed by atoms with Gasteiger partial charge in [0.2, 0.25) is 5.89 Å². The lowest BCUT2D eigenvalue weighted by atomic mass is 10.1. The van der Waals surface area contributed by atoms with E-state index in [4.69, 9.17) is 14.4 Å². The summed E-state index contributed by atoms with van der Waals surface area (Å²) in [6.07, 6.45) is -7.44. The lowest BCUT2D eigenvalue weighted by molar-refractivity contribution is -0.192. The van der Waals surface area contributed by atoms with Gasteiger partial charge in [-0.3, -0.25) is 0 Å². The van der Waals surface area contributed by atoms with Gasteiger partial charge in [-0.1, -0.05) is 5.16 Å². The number of hydrogen-bond donors (Lipinski definition) is 2. The maximum atomic E-state index is 12.8. The molecule has 136 valence electrons. The van der Waals surface area contributed by atoms with Crippen molar-refractivity contribution in [3.05, 3.63) is 11.7 Å². The summed E-state index contributed by atoms with van der Waals surface area (Å²) in [6, 6.07) is -0.0588. The molecule has 1 saturated heterocycles. The van der Waals surface area contributed by atoms with Crippen molar-refractivity contribution < 1.29 is 40.8 Å². The van der Waals surface area contributed by atoms with Crippen molar-refractivity contribution >= 4 is 5.97 Å². The Balaban J connectivity index is 0.000000256. The van der Waals surface area contributed by atoms with Crippen molar-refractivity contribution in [1.82, 2.24) is 15.5 Å². The molecule has 2 heterocycles. The summed E-state index contributed by atoms with van der Waals surface area (Å²) in [4.78, 5) is 12.8. The van der Waals surface area contributed by atoms with Crippen molar-refractivity contribution in [2.45, 2.75) is 49.5 Å². The minimum Gasteiger partial charge on any atom is -0.475 e. The van der Waals surface area contributed by atoms with E-state index in [0.717, 1.165) is 19.4 Å². The molecule has 6 nitrogen and oxygen atoms in total. The molecule has 0 bridgehead atoms. The summed E-state index contributed by atoms with van der Waals surface area (Å²) in [7, 11) is 0. The zero-order valence-electron chi connectivity index (χ0n) is 12.0. The highest BCUT2D eigenvalue weighted by Gasteiger charge is 2.68. The first-order valence-electron chi connectivity index (χ1n) is 6.92. The van der Waals surface area contributed by atoms with Crippen LogP contribution in [0.2, 0.25) is 0 Å². The molecule has 1 aromatic rings. The second kappa shape index (κ2) is 6.22. The molecule has 0 amide bonds. The third-order valence-corrected chi connectivity index (χ3v) is 3.76. The fraction of sp³-hybridized carbons (Fsp3) is 0.750. The standard InChI is InChI=1S/C10H12F3N3O.C2HF3O2/c11-10(12,13)9(3-4-9)8-15-7(16-17-8)6-2-1-5-14-6;3-2(4,5)1(6)7/h6,14H,1-5H2;(H,6,7). The maximum Gasteiger partial charge on any atom is 0.490 e. The SMILES string of the molecule is FC(F)(F)C1(c2nc(C3CCCN3)no2)CC1.O=C(O)C(F)(F)F. The third kappa shape index (κ3) is 3.79. The van der Waals surface area contributed by atoms with Crippen LogP contribution in [0.5, 0.6) is 0 Å². The minimum atomic E-state index is -5.08. The predicted molar refractivity (Wildman–Crippen MR) is 64.9 cm³/mol. The fourth-order valence-electron chi connectivity index (χ4n) is 2.22. The molecule has 0 spiro atoms. The van der Waals surface area contributed by atoms with E-state index in [1.807, 2.05) is 0 Å². The number of alkyl halides is 6. The van der Waals surface area contributed by atoms with E-state index in [1.54, 1.807) is 0 Å². The van der Waals surface area contributed by atoms with Crippen molar-refractivity contribution in [3.8, 4) is 0 Å². The van der Waals surface area contributed by atoms with E-state index in [1.165, 1.54) is 0 Å². The van der Waals surface area contributed by atoms with Crippen molar-refractivity contribution in [2.24, 2.45) is 0 Å². The summed E-state index contributed by atoms with van der Waals surface area (Å²) in [5, 5.41) is 13.9. The monoisotopic (exact) mass is 361 g/mol. The first kappa shape index (κ1) is 18.5. The molecule has 12 heteroatoms. The van der Waals surface area contributed by atoms with Gasteiger partial charge in [0.25, 0.3) is 0 Å². The molecule has 0 radical (unpaired) electrons. The van der Waals surface area contributed by atoms with Gasteiger partial charge >= 0.3 is 18.3 Å². The average molecular weight is 361 g/mol. The Morgan fingerprint density at radius 2 is 1.83 bits per heavy atom. The van der Waals surface area contributed by atoms with E-state index >= 15 is 0 Å². The number of hydrogen-bond acceptors (Lipinski definition) is 5. The predicted octanol–water partition coefficient (Wildman–Crippen LogP) is 2.72. The van der Waals surface area contributed by atoms with Crippen molar-refractivity contribution in [2.75, 3.05) is 6.54 Å². The molecule has 1 saturated carbocycles. The van der Waals surface area contributed by atoms with Gasteiger partial charge in [0.05, 0.1) is 6.04 Å². The van der Waals surface area contributed by atoms with E-state index in [9.17, 15) is 26.3 Å². The Hall–Kier alpha value is -1.85. The summed E-state index contributed by atoms with van der Waals surface area (Å²) >= 11 is 0. The quantitative estimate of drug-likeness (QED) is 0.788. The van der Waals surface area contributed by atoms with Gasteiger partial charge in [0, 0.05) is 0 Å². The van der Waals surface area contributed by atoms with Crippen LogP contribution in [0.15, 0.2) is 4.52 Å². The number of aliphatic carboxylic acids is 1. The van der Waals surface area contributed by atoms with E-state index in [0.29, 0.717) is 5.82 Å². The number of halogens is 6. The van der Waals surface area contributed by atoms with Crippen molar-refractivity contribution in [1.29, 1.82) is 0 Å². The molecule has 2 N–H and O–H groups in total. The topological polar surface area (TPSA) is 88.3 Å². The van der Waals surface area contributed by atoms with Gasteiger partial charge in [-0.2, -0.15) is 31.3 Å². The van der Waals surface area contributed by atoms with Gasteiger partial charge in [0.1, 0.15) is 5.41 Å². The summed E-state index contributed by atoms with van der Waals surface area (Å²) in [5.74, 6) is -2.67. The van der Waals surface area contributed by atoms with Crippen LogP contribution in [-0.2, 0) is 10.2 Å². The Morgan fingerprint density at radius 3 is 2.21 bits per heavy atom. The first-order chi connectivity index (χ1) is 11.0. The smallest absolute Gasteiger partial charge is 0.475 e. The van der Waals surface area contributed by atoms with Crippen LogP contribution in [-0.4, -0.2) is 40.1 Å².